The van der Waals surface area contributed by atoms with Gasteiger partial charge in [-0.3, -0.25) is 0 Å². The van der Waals surface area contributed by atoms with E-state index in [0.29, 0.717) is 0 Å². The Bertz CT molecular complexity index is 360. The molecule has 1 nitrogen and oxygen atoms in total. The summed E-state index contributed by atoms with van der Waals surface area (Å²) < 4.78 is 0. The summed E-state index contributed by atoms with van der Waals surface area (Å²) >= 11 is 6.54. The minimum atomic E-state index is 0.126. The Balaban J connectivity index is 1.91. The monoisotopic (exact) mass is 265 g/mol. The predicted octanol–water partition coefficient (Wildman–Crippen LogP) is 4.26. The highest BCUT2D eigenvalue weighted by molar-refractivity contribution is 6.21. The maximum Gasteiger partial charge on any atom is 0.0712 e. The van der Waals surface area contributed by atoms with Gasteiger partial charge in [-0.15, -0.1) is 11.6 Å². The first kappa shape index (κ1) is 13.9. The second-order valence-electron chi connectivity index (χ2n) is 5.57. The highest BCUT2D eigenvalue weighted by Crippen LogP contribution is 2.25. The van der Waals surface area contributed by atoms with Crippen LogP contribution < -0.4 is 0 Å². The number of piperidine rings is 1. The molecule has 1 aliphatic heterocycles. The number of nitrogens with zero attached hydrogens (tertiary/aromatic N) is 1. The molecule has 0 spiro atoms. The molecule has 0 amide bonds. The van der Waals surface area contributed by atoms with Crippen molar-refractivity contribution in [2.75, 3.05) is 19.6 Å². The normalized spacial score (nSPS) is 22.9. The van der Waals surface area contributed by atoms with Crippen molar-refractivity contribution in [2.24, 2.45) is 5.92 Å². The van der Waals surface area contributed by atoms with Crippen molar-refractivity contribution in [1.82, 2.24) is 4.90 Å². The van der Waals surface area contributed by atoms with Crippen LogP contribution in [0.1, 0.15) is 43.2 Å². The number of hydrogen-bond acceptors (Lipinski definition) is 1. The number of aryl methyl sites for hydroxylation is 1. The van der Waals surface area contributed by atoms with Gasteiger partial charge in [0.15, 0.2) is 0 Å². The number of rotatable bonds is 4. The highest BCUT2D eigenvalue weighted by atomic mass is 35.5. The average molecular weight is 266 g/mol. The van der Waals surface area contributed by atoms with E-state index in [-0.39, 0.29) is 5.38 Å². The SMILES string of the molecule is CCc1ccc(C(Cl)CN2CCCC(C)C2)cc1. The van der Waals surface area contributed by atoms with Gasteiger partial charge in [0.1, 0.15) is 0 Å². The Kier molecular flexibility index (Phi) is 5.08. The van der Waals surface area contributed by atoms with Crippen molar-refractivity contribution in [2.45, 2.75) is 38.5 Å². The van der Waals surface area contributed by atoms with E-state index in [1.807, 2.05) is 0 Å². The topological polar surface area (TPSA) is 3.24 Å². The van der Waals surface area contributed by atoms with E-state index in [1.54, 1.807) is 0 Å². The van der Waals surface area contributed by atoms with E-state index >= 15 is 0 Å². The fourth-order valence-electron chi connectivity index (χ4n) is 2.75. The van der Waals surface area contributed by atoms with Crippen LogP contribution in [0.5, 0.6) is 0 Å². The van der Waals surface area contributed by atoms with E-state index in [0.717, 1.165) is 18.9 Å². The van der Waals surface area contributed by atoms with Crippen molar-refractivity contribution in [1.29, 1.82) is 0 Å². The minimum absolute atomic E-state index is 0.126. The fraction of sp³-hybridized carbons (Fsp3) is 0.625. The fourth-order valence-corrected chi connectivity index (χ4v) is 3.09. The van der Waals surface area contributed by atoms with Gasteiger partial charge in [0, 0.05) is 13.1 Å². The summed E-state index contributed by atoms with van der Waals surface area (Å²) in [6.07, 6.45) is 3.78. The molecule has 0 bridgehead atoms. The minimum Gasteiger partial charge on any atom is -0.301 e. The molecule has 2 atom stereocenters. The summed E-state index contributed by atoms with van der Waals surface area (Å²) in [5.74, 6) is 0.824. The van der Waals surface area contributed by atoms with Gasteiger partial charge >= 0.3 is 0 Å². The molecule has 18 heavy (non-hydrogen) atoms. The lowest BCUT2D eigenvalue weighted by molar-refractivity contribution is 0.184. The van der Waals surface area contributed by atoms with Crippen LogP contribution in [0.15, 0.2) is 24.3 Å². The Labute approximate surface area is 116 Å². The van der Waals surface area contributed by atoms with Crippen LogP contribution in [0.3, 0.4) is 0 Å². The van der Waals surface area contributed by atoms with Crippen LogP contribution in [-0.4, -0.2) is 24.5 Å². The molecule has 2 unspecified atom stereocenters. The molecule has 0 aliphatic carbocycles. The number of halogens is 1. The number of hydrogen-bond donors (Lipinski definition) is 0. The van der Waals surface area contributed by atoms with Gasteiger partial charge in [0.05, 0.1) is 5.38 Å². The van der Waals surface area contributed by atoms with Gasteiger partial charge < -0.3 is 4.90 Å². The molecule has 1 fully saturated rings. The Hall–Kier alpha value is -0.530. The van der Waals surface area contributed by atoms with Crippen molar-refractivity contribution in [3.05, 3.63) is 35.4 Å². The van der Waals surface area contributed by atoms with Crippen molar-refractivity contribution in [3.63, 3.8) is 0 Å². The molecule has 1 aromatic rings. The van der Waals surface area contributed by atoms with E-state index in [2.05, 4.69) is 43.0 Å². The molecule has 1 aliphatic rings. The lowest BCUT2D eigenvalue weighted by Gasteiger charge is -2.32. The molecule has 1 aromatic carbocycles. The van der Waals surface area contributed by atoms with Crippen LogP contribution >= 0.6 is 11.6 Å². The Morgan fingerprint density at radius 3 is 2.67 bits per heavy atom. The molecule has 0 radical (unpaired) electrons. The molecular weight excluding hydrogens is 242 g/mol. The maximum atomic E-state index is 6.54. The third kappa shape index (κ3) is 3.73. The first-order valence-electron chi connectivity index (χ1n) is 7.14. The lowest BCUT2D eigenvalue weighted by Crippen LogP contribution is -2.36. The quantitative estimate of drug-likeness (QED) is 0.736. The third-order valence-electron chi connectivity index (χ3n) is 3.91. The van der Waals surface area contributed by atoms with E-state index in [4.69, 9.17) is 11.6 Å². The second-order valence-corrected chi connectivity index (χ2v) is 6.10. The summed E-state index contributed by atoms with van der Waals surface area (Å²) in [5.41, 5.74) is 2.64. The number of likely N-dealkylation sites (tertiary alicyclic amines) is 1. The van der Waals surface area contributed by atoms with Gasteiger partial charge in [-0.2, -0.15) is 0 Å². The van der Waals surface area contributed by atoms with Gasteiger partial charge in [0.25, 0.3) is 0 Å². The molecule has 0 N–H and O–H groups in total. The van der Waals surface area contributed by atoms with E-state index < -0.39 is 0 Å². The molecule has 1 saturated heterocycles. The van der Waals surface area contributed by atoms with Crippen LogP contribution in [0, 0.1) is 5.92 Å². The smallest absolute Gasteiger partial charge is 0.0712 e. The average Bonchev–Trinajstić information content (AvgIpc) is 2.39. The molecule has 0 saturated carbocycles. The molecule has 0 aromatic heterocycles. The molecule has 2 heteroatoms. The first-order valence-corrected chi connectivity index (χ1v) is 7.58. The van der Waals surface area contributed by atoms with Crippen molar-refractivity contribution in [3.8, 4) is 0 Å². The zero-order chi connectivity index (χ0) is 13.0. The summed E-state index contributed by atoms with van der Waals surface area (Å²) in [6.45, 7) is 7.92. The molecular formula is C16H24ClN. The summed E-state index contributed by atoms with van der Waals surface area (Å²) in [4.78, 5) is 2.51. The van der Waals surface area contributed by atoms with Crippen LogP contribution in [0.25, 0.3) is 0 Å². The highest BCUT2D eigenvalue weighted by Gasteiger charge is 2.19. The van der Waals surface area contributed by atoms with Gasteiger partial charge in [-0.05, 0) is 42.9 Å². The van der Waals surface area contributed by atoms with Gasteiger partial charge in [-0.25, -0.2) is 0 Å². The second kappa shape index (κ2) is 6.58. The predicted molar refractivity (Wildman–Crippen MR) is 79.3 cm³/mol. The van der Waals surface area contributed by atoms with Crippen LogP contribution in [0.4, 0.5) is 0 Å². The van der Waals surface area contributed by atoms with E-state index in [9.17, 15) is 0 Å². The number of alkyl halides is 1. The molecule has 2 rings (SSSR count). The lowest BCUT2D eigenvalue weighted by atomic mass is 9.99. The third-order valence-corrected chi connectivity index (χ3v) is 4.30. The van der Waals surface area contributed by atoms with Gasteiger partial charge in [-0.1, -0.05) is 38.1 Å². The number of benzene rings is 1. The van der Waals surface area contributed by atoms with E-state index in [1.165, 1.54) is 37.1 Å². The Morgan fingerprint density at radius 1 is 1.33 bits per heavy atom. The first-order chi connectivity index (χ1) is 8.69. The van der Waals surface area contributed by atoms with Crippen molar-refractivity contribution >= 4 is 11.6 Å². The zero-order valence-corrected chi connectivity index (χ0v) is 12.3. The largest absolute Gasteiger partial charge is 0.301 e. The summed E-state index contributed by atoms with van der Waals surface area (Å²) in [7, 11) is 0. The summed E-state index contributed by atoms with van der Waals surface area (Å²) in [5, 5.41) is 0.126. The van der Waals surface area contributed by atoms with Gasteiger partial charge in [0.2, 0.25) is 0 Å². The zero-order valence-electron chi connectivity index (χ0n) is 11.5. The van der Waals surface area contributed by atoms with Crippen LogP contribution in [0.2, 0.25) is 0 Å². The maximum absolute atomic E-state index is 6.54. The Morgan fingerprint density at radius 2 is 2.06 bits per heavy atom. The van der Waals surface area contributed by atoms with Crippen LogP contribution in [-0.2, 0) is 6.42 Å². The molecule has 100 valence electrons. The molecule has 1 heterocycles. The summed E-state index contributed by atoms with van der Waals surface area (Å²) in [6, 6.07) is 8.76. The van der Waals surface area contributed by atoms with Crippen molar-refractivity contribution < 1.29 is 0 Å². The standard InChI is InChI=1S/C16H24ClN/c1-3-14-6-8-15(9-7-14)16(17)12-18-10-4-5-13(2)11-18/h6-9,13,16H,3-5,10-12H2,1-2H3.